The van der Waals surface area contributed by atoms with Gasteiger partial charge in [0.2, 0.25) is 11.8 Å². The van der Waals surface area contributed by atoms with Crippen molar-refractivity contribution in [3.63, 3.8) is 0 Å². The van der Waals surface area contributed by atoms with Crippen molar-refractivity contribution in [2.24, 2.45) is 29.0 Å². The number of rotatable bonds is 6. The average molecular weight is 297 g/mol. The van der Waals surface area contributed by atoms with Crippen LogP contribution in [0, 0.1) is 11.8 Å². The zero-order valence-corrected chi connectivity index (χ0v) is 12.6. The van der Waals surface area contributed by atoms with Gasteiger partial charge in [-0.1, -0.05) is 0 Å². The first-order valence-corrected chi connectivity index (χ1v) is 7.73. The van der Waals surface area contributed by atoms with Crippen LogP contribution in [0.2, 0.25) is 0 Å². The standard InChI is InChI=1S/C14H27N5O2/c1-18-14(21)10(17)2-5-13(20)19-11-3-4-12(19)9(7-16)8(11)6-15/h8-12H,2-7,15-17H2,1H3,(H,18,21). The highest BCUT2D eigenvalue weighted by molar-refractivity contribution is 5.83. The van der Waals surface area contributed by atoms with E-state index in [1.807, 2.05) is 4.90 Å². The minimum Gasteiger partial charge on any atom is -0.358 e. The number of carbonyl (C=O) groups is 2. The molecule has 2 rings (SSSR count). The summed E-state index contributed by atoms with van der Waals surface area (Å²) in [6, 6.07) is -0.190. The van der Waals surface area contributed by atoms with Crippen LogP contribution < -0.4 is 22.5 Å². The molecule has 2 bridgehead atoms. The second-order valence-electron chi connectivity index (χ2n) is 6.07. The van der Waals surface area contributed by atoms with Gasteiger partial charge in [-0.05, 0) is 44.2 Å². The van der Waals surface area contributed by atoms with E-state index in [4.69, 9.17) is 17.2 Å². The zero-order valence-electron chi connectivity index (χ0n) is 12.6. The Morgan fingerprint density at radius 2 is 1.71 bits per heavy atom. The molecule has 0 aliphatic carbocycles. The molecule has 0 aromatic rings. The monoisotopic (exact) mass is 297 g/mol. The van der Waals surface area contributed by atoms with Crippen molar-refractivity contribution in [2.45, 2.75) is 43.8 Å². The highest BCUT2D eigenvalue weighted by Gasteiger charge is 2.53. The van der Waals surface area contributed by atoms with Crippen LogP contribution in [0.15, 0.2) is 0 Å². The van der Waals surface area contributed by atoms with Crippen molar-refractivity contribution < 1.29 is 9.59 Å². The van der Waals surface area contributed by atoms with E-state index in [1.165, 1.54) is 0 Å². The number of carbonyl (C=O) groups excluding carboxylic acids is 2. The number of likely N-dealkylation sites (N-methyl/N-ethyl adjacent to an activating group) is 1. The van der Waals surface area contributed by atoms with Gasteiger partial charge in [0.05, 0.1) is 6.04 Å². The third kappa shape index (κ3) is 2.90. The Morgan fingerprint density at radius 1 is 1.19 bits per heavy atom. The van der Waals surface area contributed by atoms with E-state index in [1.54, 1.807) is 7.05 Å². The molecular formula is C14H27N5O2. The van der Waals surface area contributed by atoms with E-state index in [2.05, 4.69) is 5.32 Å². The van der Waals surface area contributed by atoms with Gasteiger partial charge in [0.15, 0.2) is 0 Å². The van der Waals surface area contributed by atoms with Crippen LogP contribution in [0.1, 0.15) is 25.7 Å². The van der Waals surface area contributed by atoms with Crippen molar-refractivity contribution in [3.05, 3.63) is 0 Å². The second-order valence-corrected chi connectivity index (χ2v) is 6.07. The Morgan fingerprint density at radius 3 is 2.14 bits per heavy atom. The normalized spacial score (nSPS) is 32.3. The zero-order chi connectivity index (χ0) is 15.6. The third-order valence-electron chi connectivity index (χ3n) is 5.10. The number of nitrogens with two attached hydrogens (primary N) is 3. The first kappa shape index (κ1) is 16.2. The summed E-state index contributed by atoms with van der Waals surface area (Å²) in [4.78, 5) is 25.9. The van der Waals surface area contributed by atoms with Crippen molar-refractivity contribution in [2.75, 3.05) is 20.1 Å². The lowest BCUT2D eigenvalue weighted by Gasteiger charge is -2.25. The molecule has 2 amide bonds. The second kappa shape index (κ2) is 6.72. The number of nitrogens with zero attached hydrogens (tertiary/aromatic N) is 1. The van der Waals surface area contributed by atoms with E-state index in [-0.39, 0.29) is 23.9 Å². The molecule has 0 aromatic carbocycles. The van der Waals surface area contributed by atoms with Crippen molar-refractivity contribution >= 4 is 11.8 Å². The largest absolute Gasteiger partial charge is 0.358 e. The van der Waals surface area contributed by atoms with Gasteiger partial charge < -0.3 is 27.4 Å². The fraction of sp³-hybridized carbons (Fsp3) is 0.857. The highest BCUT2D eigenvalue weighted by atomic mass is 16.2. The minimum absolute atomic E-state index is 0.0799. The maximum atomic E-state index is 12.5. The van der Waals surface area contributed by atoms with E-state index < -0.39 is 6.04 Å². The SMILES string of the molecule is CNC(=O)C(N)CCC(=O)N1C2CCC1C(CN)C2CN. The lowest BCUT2D eigenvalue weighted by atomic mass is 9.79. The van der Waals surface area contributed by atoms with Gasteiger partial charge in [-0.15, -0.1) is 0 Å². The average Bonchev–Trinajstić information content (AvgIpc) is 3.06. The van der Waals surface area contributed by atoms with Gasteiger partial charge in [-0.3, -0.25) is 9.59 Å². The van der Waals surface area contributed by atoms with Gasteiger partial charge in [0, 0.05) is 25.6 Å². The summed E-state index contributed by atoms with van der Waals surface area (Å²) in [5.41, 5.74) is 17.5. The van der Waals surface area contributed by atoms with Crippen molar-refractivity contribution in [1.82, 2.24) is 10.2 Å². The van der Waals surface area contributed by atoms with Crippen LogP contribution in [-0.4, -0.2) is 55.0 Å². The summed E-state index contributed by atoms with van der Waals surface area (Å²) >= 11 is 0. The maximum absolute atomic E-state index is 12.5. The molecular weight excluding hydrogens is 270 g/mol. The molecule has 120 valence electrons. The van der Waals surface area contributed by atoms with Gasteiger partial charge in [0.25, 0.3) is 0 Å². The van der Waals surface area contributed by atoms with Crippen molar-refractivity contribution in [3.8, 4) is 0 Å². The molecule has 2 saturated heterocycles. The number of fused-ring (bicyclic) bond motifs is 2. The fourth-order valence-corrected chi connectivity index (χ4v) is 4.04. The molecule has 21 heavy (non-hydrogen) atoms. The van der Waals surface area contributed by atoms with Gasteiger partial charge in [-0.25, -0.2) is 0 Å². The Bertz CT molecular complexity index is 385. The predicted molar refractivity (Wildman–Crippen MR) is 80.0 cm³/mol. The molecule has 7 N–H and O–H groups in total. The van der Waals surface area contributed by atoms with E-state index in [9.17, 15) is 9.59 Å². The first-order valence-electron chi connectivity index (χ1n) is 7.73. The van der Waals surface area contributed by atoms with Crippen molar-refractivity contribution in [1.29, 1.82) is 0 Å². The molecule has 0 aromatic heterocycles. The van der Waals surface area contributed by atoms with Gasteiger partial charge >= 0.3 is 0 Å². The van der Waals surface area contributed by atoms with Crippen LogP contribution in [0.3, 0.4) is 0 Å². The summed E-state index contributed by atoms with van der Waals surface area (Å²) in [5, 5.41) is 2.50. The first-order chi connectivity index (χ1) is 10.0. The molecule has 7 heteroatoms. The molecule has 5 atom stereocenters. The number of hydrogen-bond acceptors (Lipinski definition) is 5. The molecule has 2 fully saturated rings. The summed E-state index contributed by atoms with van der Waals surface area (Å²) < 4.78 is 0. The number of nitrogens with one attached hydrogen (secondary N) is 1. The predicted octanol–water partition coefficient (Wildman–Crippen LogP) is -1.64. The summed E-state index contributed by atoms with van der Waals surface area (Å²) in [6.07, 6.45) is 2.69. The molecule has 2 heterocycles. The number of hydrogen-bond donors (Lipinski definition) is 4. The van der Waals surface area contributed by atoms with Crippen LogP contribution in [0.4, 0.5) is 0 Å². The number of amides is 2. The molecule has 2 aliphatic heterocycles. The van der Waals surface area contributed by atoms with Crippen LogP contribution in [0.25, 0.3) is 0 Å². The van der Waals surface area contributed by atoms with Crippen LogP contribution in [0.5, 0.6) is 0 Å². The Balaban J connectivity index is 1.96. The maximum Gasteiger partial charge on any atom is 0.236 e. The molecule has 0 spiro atoms. The smallest absolute Gasteiger partial charge is 0.236 e. The minimum atomic E-state index is -0.630. The van der Waals surface area contributed by atoms with E-state index in [0.717, 1.165) is 12.8 Å². The molecule has 0 saturated carbocycles. The van der Waals surface area contributed by atoms with Crippen LogP contribution >= 0.6 is 0 Å². The topological polar surface area (TPSA) is 127 Å². The Hall–Kier alpha value is -1.18. The molecule has 0 radical (unpaired) electrons. The molecule has 7 nitrogen and oxygen atoms in total. The highest BCUT2D eigenvalue weighted by Crippen LogP contribution is 2.45. The van der Waals surface area contributed by atoms with Gasteiger partial charge in [0.1, 0.15) is 0 Å². The lowest BCUT2D eigenvalue weighted by molar-refractivity contribution is -0.133. The lowest BCUT2D eigenvalue weighted by Crippen LogP contribution is -2.41. The Labute approximate surface area is 125 Å². The summed E-state index contributed by atoms with van der Waals surface area (Å²) in [6.45, 7) is 1.15. The van der Waals surface area contributed by atoms with Crippen LogP contribution in [-0.2, 0) is 9.59 Å². The fourth-order valence-electron chi connectivity index (χ4n) is 4.04. The third-order valence-corrected chi connectivity index (χ3v) is 5.10. The Kier molecular flexibility index (Phi) is 5.18. The summed E-state index contributed by atoms with van der Waals surface area (Å²) in [7, 11) is 1.54. The van der Waals surface area contributed by atoms with E-state index in [0.29, 0.717) is 37.8 Å². The quantitative estimate of drug-likeness (QED) is 0.468. The van der Waals surface area contributed by atoms with Gasteiger partial charge in [-0.2, -0.15) is 0 Å². The van der Waals surface area contributed by atoms with E-state index >= 15 is 0 Å². The molecule has 2 aliphatic rings. The summed E-state index contributed by atoms with van der Waals surface area (Å²) in [5.74, 6) is 0.471. The molecule has 5 unspecified atom stereocenters.